The maximum absolute atomic E-state index is 12.0. The first-order valence-corrected chi connectivity index (χ1v) is 6.09. The third kappa shape index (κ3) is 4.35. The summed E-state index contributed by atoms with van der Waals surface area (Å²) >= 11 is 1.89. The highest BCUT2D eigenvalue weighted by Crippen LogP contribution is 2.22. The first-order chi connectivity index (χ1) is 8.20. The van der Waals surface area contributed by atoms with Crippen molar-refractivity contribution in [1.82, 2.24) is 4.90 Å². The van der Waals surface area contributed by atoms with Crippen molar-refractivity contribution in [3.63, 3.8) is 0 Å². The van der Waals surface area contributed by atoms with E-state index in [1.165, 1.54) is 25.2 Å². The van der Waals surface area contributed by atoms with Gasteiger partial charge in [-0.3, -0.25) is 4.79 Å². The molecule has 1 aromatic carbocycles. The number of aromatic hydroxyl groups is 1. The monoisotopic (exact) mass is 373 g/mol. The van der Waals surface area contributed by atoms with Crippen LogP contribution in [0.3, 0.4) is 0 Å². The Hall–Kier alpha value is -0.990. The number of phenols is 1. The zero-order valence-electron chi connectivity index (χ0n) is 9.46. The van der Waals surface area contributed by atoms with Crippen LogP contribution in [0, 0.1) is 3.57 Å². The van der Waals surface area contributed by atoms with Crippen LogP contribution in [0.15, 0.2) is 18.2 Å². The van der Waals surface area contributed by atoms with Crippen molar-refractivity contribution in [2.75, 3.05) is 13.6 Å². The van der Waals surface area contributed by atoms with Crippen LogP contribution in [0.1, 0.15) is 16.8 Å². The van der Waals surface area contributed by atoms with Gasteiger partial charge in [0.1, 0.15) is 5.75 Å². The van der Waals surface area contributed by atoms with Crippen LogP contribution < -0.4 is 0 Å². The predicted octanol–water partition coefficient (Wildman–Crippen LogP) is 3.02. The lowest BCUT2D eigenvalue weighted by Gasteiger charge is -2.18. The number of hydrogen-bond acceptors (Lipinski definition) is 2. The number of rotatable bonds is 3. The van der Waals surface area contributed by atoms with E-state index in [-0.39, 0.29) is 11.3 Å². The van der Waals surface area contributed by atoms with E-state index in [9.17, 15) is 23.1 Å². The molecule has 0 saturated heterocycles. The van der Waals surface area contributed by atoms with Crippen molar-refractivity contribution in [2.24, 2.45) is 0 Å². The maximum Gasteiger partial charge on any atom is 0.390 e. The lowest BCUT2D eigenvalue weighted by molar-refractivity contribution is -0.136. The standard InChI is InChI=1S/C11H11F3INO2/c1-16(5-4-11(12,13)14)10(18)7-2-3-8(15)9(17)6-7/h2-3,6,17H,4-5H2,1H3. The molecule has 0 aliphatic heterocycles. The highest BCUT2D eigenvalue weighted by atomic mass is 127. The molecule has 1 rings (SSSR count). The molecular formula is C11H11F3INO2. The van der Waals surface area contributed by atoms with Crippen molar-refractivity contribution >= 4 is 28.5 Å². The molecule has 0 aliphatic rings. The van der Waals surface area contributed by atoms with Gasteiger partial charge in [-0.15, -0.1) is 0 Å². The summed E-state index contributed by atoms with van der Waals surface area (Å²) in [7, 11) is 1.29. The number of hydrogen-bond donors (Lipinski definition) is 1. The minimum atomic E-state index is -4.29. The van der Waals surface area contributed by atoms with Gasteiger partial charge in [-0.05, 0) is 40.8 Å². The van der Waals surface area contributed by atoms with Gasteiger partial charge in [0, 0.05) is 19.2 Å². The van der Waals surface area contributed by atoms with Crippen molar-refractivity contribution in [3.8, 4) is 5.75 Å². The SMILES string of the molecule is CN(CCC(F)(F)F)C(=O)c1ccc(I)c(O)c1. The molecule has 1 N–H and O–H groups in total. The Bertz CT molecular complexity index is 448. The molecule has 1 amide bonds. The lowest BCUT2D eigenvalue weighted by atomic mass is 10.2. The Labute approximate surface area is 116 Å². The molecule has 0 aliphatic carbocycles. The molecular weight excluding hydrogens is 362 g/mol. The molecule has 0 bridgehead atoms. The number of phenolic OH excluding ortho intramolecular Hbond substituents is 1. The Morgan fingerprint density at radius 2 is 2.06 bits per heavy atom. The second-order valence-electron chi connectivity index (χ2n) is 3.76. The number of benzene rings is 1. The van der Waals surface area contributed by atoms with E-state index in [0.717, 1.165) is 4.90 Å². The first kappa shape index (κ1) is 15.1. The lowest BCUT2D eigenvalue weighted by Crippen LogP contribution is -2.30. The van der Waals surface area contributed by atoms with Crippen LogP contribution in [0.2, 0.25) is 0 Å². The number of alkyl halides is 3. The number of amides is 1. The van der Waals surface area contributed by atoms with Gasteiger partial charge in [0.15, 0.2) is 0 Å². The summed E-state index contributed by atoms with van der Waals surface area (Å²) in [5.74, 6) is -0.614. The molecule has 0 fully saturated rings. The molecule has 0 aromatic heterocycles. The fraction of sp³-hybridized carbons (Fsp3) is 0.364. The highest BCUT2D eigenvalue weighted by molar-refractivity contribution is 14.1. The third-order valence-electron chi connectivity index (χ3n) is 2.27. The zero-order valence-corrected chi connectivity index (χ0v) is 11.6. The average molecular weight is 373 g/mol. The van der Waals surface area contributed by atoms with Gasteiger partial charge in [0.05, 0.1) is 9.99 Å². The van der Waals surface area contributed by atoms with E-state index in [1.807, 2.05) is 22.6 Å². The van der Waals surface area contributed by atoms with Crippen LogP contribution in [0.4, 0.5) is 13.2 Å². The van der Waals surface area contributed by atoms with Gasteiger partial charge in [-0.1, -0.05) is 0 Å². The molecule has 0 saturated carbocycles. The van der Waals surface area contributed by atoms with Crippen LogP contribution in [0.25, 0.3) is 0 Å². The van der Waals surface area contributed by atoms with E-state index in [1.54, 1.807) is 0 Å². The number of halogens is 4. The van der Waals surface area contributed by atoms with Crippen molar-refractivity contribution in [2.45, 2.75) is 12.6 Å². The zero-order chi connectivity index (χ0) is 13.9. The number of nitrogens with zero attached hydrogens (tertiary/aromatic N) is 1. The van der Waals surface area contributed by atoms with Gasteiger partial charge < -0.3 is 10.0 Å². The van der Waals surface area contributed by atoms with Crippen LogP contribution >= 0.6 is 22.6 Å². The Balaban J connectivity index is 2.71. The number of carbonyl (C=O) groups excluding carboxylic acids is 1. The van der Waals surface area contributed by atoms with E-state index in [4.69, 9.17) is 0 Å². The summed E-state index contributed by atoms with van der Waals surface area (Å²) in [6.45, 7) is -0.408. The van der Waals surface area contributed by atoms with Gasteiger partial charge in [-0.25, -0.2) is 0 Å². The molecule has 0 spiro atoms. The molecule has 0 atom stereocenters. The quantitative estimate of drug-likeness (QED) is 0.828. The van der Waals surface area contributed by atoms with Crippen molar-refractivity contribution in [1.29, 1.82) is 0 Å². The van der Waals surface area contributed by atoms with Gasteiger partial charge >= 0.3 is 6.18 Å². The Kier molecular flexibility index (Phi) is 4.83. The topological polar surface area (TPSA) is 40.5 Å². The van der Waals surface area contributed by atoms with Crippen molar-refractivity contribution in [3.05, 3.63) is 27.3 Å². The van der Waals surface area contributed by atoms with Gasteiger partial charge in [0.2, 0.25) is 0 Å². The second-order valence-corrected chi connectivity index (χ2v) is 4.92. The third-order valence-corrected chi connectivity index (χ3v) is 3.18. The Morgan fingerprint density at radius 3 is 2.56 bits per heavy atom. The molecule has 3 nitrogen and oxygen atoms in total. The normalized spacial score (nSPS) is 11.4. The largest absolute Gasteiger partial charge is 0.507 e. The summed E-state index contributed by atoms with van der Waals surface area (Å²) in [4.78, 5) is 12.8. The predicted molar refractivity (Wildman–Crippen MR) is 68.5 cm³/mol. The average Bonchev–Trinajstić information content (AvgIpc) is 2.27. The molecule has 7 heteroatoms. The van der Waals surface area contributed by atoms with Crippen LogP contribution in [-0.4, -0.2) is 35.7 Å². The summed E-state index contributed by atoms with van der Waals surface area (Å²) < 4.78 is 36.6. The minimum Gasteiger partial charge on any atom is -0.507 e. The first-order valence-electron chi connectivity index (χ1n) is 5.01. The van der Waals surface area contributed by atoms with E-state index < -0.39 is 25.0 Å². The molecule has 1 aromatic rings. The second kappa shape index (κ2) is 5.77. The molecule has 0 heterocycles. The maximum atomic E-state index is 12.0. The summed E-state index contributed by atoms with van der Waals surface area (Å²) in [5.41, 5.74) is 0.164. The molecule has 0 radical (unpaired) electrons. The van der Waals surface area contributed by atoms with Gasteiger partial charge in [0.25, 0.3) is 5.91 Å². The summed E-state index contributed by atoms with van der Waals surface area (Å²) in [6.07, 6.45) is -5.34. The summed E-state index contributed by atoms with van der Waals surface area (Å²) in [6, 6.07) is 4.24. The summed E-state index contributed by atoms with van der Waals surface area (Å²) in [5, 5.41) is 9.43. The van der Waals surface area contributed by atoms with Crippen molar-refractivity contribution < 1.29 is 23.1 Å². The Morgan fingerprint density at radius 1 is 1.44 bits per heavy atom. The number of carbonyl (C=O) groups is 1. The fourth-order valence-corrected chi connectivity index (χ4v) is 1.60. The van der Waals surface area contributed by atoms with E-state index in [0.29, 0.717) is 3.57 Å². The van der Waals surface area contributed by atoms with Crippen LogP contribution in [0.5, 0.6) is 5.75 Å². The van der Waals surface area contributed by atoms with Crippen LogP contribution in [-0.2, 0) is 0 Å². The highest BCUT2D eigenvalue weighted by Gasteiger charge is 2.28. The minimum absolute atomic E-state index is 0.0642. The molecule has 18 heavy (non-hydrogen) atoms. The fourth-order valence-electron chi connectivity index (χ4n) is 1.26. The van der Waals surface area contributed by atoms with Gasteiger partial charge in [-0.2, -0.15) is 13.2 Å². The smallest absolute Gasteiger partial charge is 0.390 e. The van der Waals surface area contributed by atoms with E-state index in [2.05, 4.69) is 0 Å². The molecule has 100 valence electrons. The van der Waals surface area contributed by atoms with E-state index >= 15 is 0 Å². The molecule has 0 unspecified atom stereocenters.